The van der Waals surface area contributed by atoms with E-state index in [0.717, 1.165) is 17.7 Å². The van der Waals surface area contributed by atoms with Crippen molar-refractivity contribution in [3.8, 4) is 11.1 Å². The number of rotatable bonds is 4. The summed E-state index contributed by atoms with van der Waals surface area (Å²) in [7, 11) is 0. The van der Waals surface area contributed by atoms with Crippen LogP contribution in [0, 0.1) is 25.5 Å². The van der Waals surface area contributed by atoms with Crippen molar-refractivity contribution in [2.45, 2.75) is 46.3 Å². The summed E-state index contributed by atoms with van der Waals surface area (Å²) in [5, 5.41) is 9.88. The molecule has 0 saturated heterocycles. The first-order valence-electron chi connectivity index (χ1n) is 9.35. The summed E-state index contributed by atoms with van der Waals surface area (Å²) < 4.78 is 34.5. The van der Waals surface area contributed by atoms with Crippen LogP contribution in [0.1, 0.15) is 43.7 Å². The number of carbonyl (C=O) groups is 1. The van der Waals surface area contributed by atoms with Crippen LogP contribution in [-0.2, 0) is 9.53 Å². The number of carboxylic acid groups (broad SMARTS) is 1. The number of benzene rings is 2. The van der Waals surface area contributed by atoms with Gasteiger partial charge < -0.3 is 9.84 Å². The number of ether oxygens (including phenoxy) is 1. The lowest BCUT2D eigenvalue weighted by molar-refractivity contribution is -0.160. The molecule has 1 heterocycles. The van der Waals surface area contributed by atoms with E-state index >= 15 is 0 Å². The fourth-order valence-electron chi connectivity index (χ4n) is 3.43. The quantitative estimate of drug-likeness (QED) is 0.484. The molecule has 0 spiro atoms. The van der Waals surface area contributed by atoms with Gasteiger partial charge in [0.1, 0.15) is 16.7 Å². The fourth-order valence-corrected chi connectivity index (χ4v) is 3.54. The normalized spacial score (nSPS) is 12.9. The third kappa shape index (κ3) is 4.30. The molecule has 1 aromatic heterocycles. The summed E-state index contributed by atoms with van der Waals surface area (Å²) in [6.07, 6.45) is -1.39. The fraction of sp³-hybridized carbons (Fsp3) is 0.304. The number of aromatic nitrogens is 1. The van der Waals surface area contributed by atoms with Crippen molar-refractivity contribution in [3.63, 3.8) is 0 Å². The predicted molar refractivity (Wildman–Crippen MR) is 113 cm³/mol. The first kappa shape index (κ1) is 22.1. The Labute approximate surface area is 178 Å². The number of carboxylic acids is 1. The first-order chi connectivity index (χ1) is 13.9. The molecular weight excluding hydrogens is 412 g/mol. The number of hydrogen-bond donors (Lipinski definition) is 1. The molecule has 3 rings (SSSR count). The van der Waals surface area contributed by atoms with Gasteiger partial charge >= 0.3 is 5.97 Å². The first-order valence-corrected chi connectivity index (χ1v) is 9.73. The molecule has 1 N–H and O–H groups in total. The van der Waals surface area contributed by atoms with Gasteiger partial charge in [0.15, 0.2) is 6.10 Å². The highest BCUT2D eigenvalue weighted by Gasteiger charge is 2.32. The molecule has 0 fully saturated rings. The molecule has 30 heavy (non-hydrogen) atoms. The van der Waals surface area contributed by atoms with E-state index in [1.165, 1.54) is 0 Å². The maximum Gasteiger partial charge on any atom is 0.337 e. The van der Waals surface area contributed by atoms with E-state index in [4.69, 9.17) is 16.3 Å². The van der Waals surface area contributed by atoms with Gasteiger partial charge in [0, 0.05) is 16.6 Å². The number of halogens is 3. The minimum atomic E-state index is -1.39. The molecule has 2 aromatic carbocycles. The summed E-state index contributed by atoms with van der Waals surface area (Å²) in [6, 6.07) is 7.61. The van der Waals surface area contributed by atoms with E-state index in [9.17, 15) is 18.7 Å². The van der Waals surface area contributed by atoms with Gasteiger partial charge in [-0.05, 0) is 69.5 Å². The molecule has 0 aliphatic rings. The second kappa shape index (κ2) is 7.93. The maximum absolute atomic E-state index is 14.3. The van der Waals surface area contributed by atoms with Crippen LogP contribution < -0.4 is 0 Å². The Balaban J connectivity index is 2.45. The van der Waals surface area contributed by atoms with Crippen molar-refractivity contribution in [1.82, 2.24) is 4.98 Å². The third-order valence-electron chi connectivity index (χ3n) is 4.60. The highest BCUT2D eigenvalue weighted by molar-refractivity contribution is 6.31. The molecule has 0 unspecified atom stereocenters. The number of aliphatic carboxylic acids is 1. The van der Waals surface area contributed by atoms with Gasteiger partial charge in [0.25, 0.3) is 0 Å². The number of fused-ring (bicyclic) bond motifs is 1. The molecule has 0 amide bonds. The molecule has 158 valence electrons. The molecule has 0 aliphatic carbocycles. The highest BCUT2D eigenvalue weighted by atomic mass is 35.5. The Kier molecular flexibility index (Phi) is 5.85. The molecular formula is C23H22ClF2NO3. The number of nitrogens with zero attached hydrogens (tertiary/aromatic N) is 1. The third-order valence-corrected chi connectivity index (χ3v) is 4.96. The van der Waals surface area contributed by atoms with Crippen LogP contribution >= 0.6 is 11.6 Å². The van der Waals surface area contributed by atoms with Crippen LogP contribution in [0.2, 0.25) is 5.02 Å². The van der Waals surface area contributed by atoms with E-state index in [-0.39, 0.29) is 11.1 Å². The van der Waals surface area contributed by atoms with Crippen LogP contribution in [0.25, 0.3) is 22.0 Å². The summed E-state index contributed by atoms with van der Waals surface area (Å²) >= 11 is 5.67. The zero-order valence-corrected chi connectivity index (χ0v) is 18.1. The van der Waals surface area contributed by atoms with Gasteiger partial charge in [-0.15, -0.1) is 0 Å². The minimum Gasteiger partial charge on any atom is -0.479 e. The Bertz CT molecular complexity index is 1130. The van der Waals surface area contributed by atoms with Crippen LogP contribution in [0.3, 0.4) is 0 Å². The lowest BCUT2D eigenvalue weighted by Crippen LogP contribution is -2.28. The Morgan fingerprint density at radius 1 is 1.13 bits per heavy atom. The van der Waals surface area contributed by atoms with E-state index in [2.05, 4.69) is 4.98 Å². The van der Waals surface area contributed by atoms with Crippen LogP contribution in [0.15, 0.2) is 30.3 Å². The summed E-state index contributed by atoms with van der Waals surface area (Å²) in [5.41, 5.74) is 1.90. The molecule has 1 atom stereocenters. The lowest BCUT2D eigenvalue weighted by atomic mass is 9.90. The zero-order chi connectivity index (χ0) is 22.4. The van der Waals surface area contributed by atoms with Crippen molar-refractivity contribution in [2.24, 2.45) is 0 Å². The SMILES string of the molecule is Cc1ccc2c(-c3cc(F)c(Cl)c(F)c3)c([C@H](OC(C)(C)C)C(=O)O)c(C)nc2c1. The monoisotopic (exact) mass is 433 g/mol. The standard InChI is InChI=1S/C23H22ClF2NO3/c1-11-6-7-14-17(8-11)27-12(2)18(21(22(28)29)30-23(3,4)5)19(14)13-9-15(25)20(24)16(26)10-13/h6-10,21H,1-5H3,(H,28,29)/t21-/m0/s1. The second-order valence-corrected chi connectivity index (χ2v) is 8.59. The summed E-state index contributed by atoms with van der Waals surface area (Å²) in [6.45, 7) is 8.76. The maximum atomic E-state index is 14.3. The van der Waals surface area contributed by atoms with Crippen LogP contribution in [0.4, 0.5) is 8.78 Å². The van der Waals surface area contributed by atoms with E-state index in [1.807, 2.05) is 19.1 Å². The van der Waals surface area contributed by atoms with Crippen molar-refractivity contribution in [2.75, 3.05) is 0 Å². The molecule has 4 nitrogen and oxygen atoms in total. The number of hydrogen-bond acceptors (Lipinski definition) is 3. The van der Waals surface area contributed by atoms with E-state index < -0.39 is 34.3 Å². The number of aryl methyl sites for hydroxylation is 2. The minimum absolute atomic E-state index is 0.160. The number of pyridine rings is 1. The lowest BCUT2D eigenvalue weighted by Gasteiger charge is -2.28. The largest absolute Gasteiger partial charge is 0.479 e. The molecule has 0 bridgehead atoms. The van der Waals surface area contributed by atoms with Crippen molar-refractivity contribution >= 4 is 28.5 Å². The van der Waals surface area contributed by atoms with Crippen molar-refractivity contribution in [1.29, 1.82) is 0 Å². The van der Waals surface area contributed by atoms with Gasteiger partial charge in [-0.25, -0.2) is 13.6 Å². The van der Waals surface area contributed by atoms with Gasteiger partial charge in [-0.3, -0.25) is 4.98 Å². The molecule has 7 heteroatoms. The van der Waals surface area contributed by atoms with Gasteiger partial charge in [0.05, 0.1) is 11.1 Å². The van der Waals surface area contributed by atoms with E-state index in [0.29, 0.717) is 22.2 Å². The molecule has 0 aliphatic heterocycles. The second-order valence-electron chi connectivity index (χ2n) is 8.21. The van der Waals surface area contributed by atoms with Crippen molar-refractivity contribution < 1.29 is 23.4 Å². The highest BCUT2D eigenvalue weighted by Crippen LogP contribution is 2.40. The Morgan fingerprint density at radius 3 is 2.27 bits per heavy atom. The average molecular weight is 434 g/mol. The predicted octanol–water partition coefficient (Wildman–Crippen LogP) is 6.39. The van der Waals surface area contributed by atoms with Gasteiger partial charge in [-0.2, -0.15) is 0 Å². The molecule has 0 saturated carbocycles. The summed E-state index contributed by atoms with van der Waals surface area (Å²) in [4.78, 5) is 16.7. The molecule has 3 aromatic rings. The Hall–Kier alpha value is -2.57. The van der Waals surface area contributed by atoms with E-state index in [1.54, 1.807) is 33.8 Å². The zero-order valence-electron chi connectivity index (χ0n) is 17.3. The van der Waals surface area contributed by atoms with Gasteiger partial charge in [-0.1, -0.05) is 23.7 Å². The van der Waals surface area contributed by atoms with Crippen LogP contribution in [-0.4, -0.2) is 21.7 Å². The average Bonchev–Trinajstić information content (AvgIpc) is 2.62. The van der Waals surface area contributed by atoms with Crippen molar-refractivity contribution in [3.05, 3.63) is 63.8 Å². The smallest absolute Gasteiger partial charge is 0.337 e. The molecule has 0 radical (unpaired) electrons. The van der Waals surface area contributed by atoms with Crippen LogP contribution in [0.5, 0.6) is 0 Å². The summed E-state index contributed by atoms with van der Waals surface area (Å²) in [5.74, 6) is -3.09. The topological polar surface area (TPSA) is 59.4 Å². The Morgan fingerprint density at radius 2 is 1.73 bits per heavy atom. The van der Waals surface area contributed by atoms with Gasteiger partial charge in [0.2, 0.25) is 0 Å².